The van der Waals surface area contributed by atoms with E-state index < -0.39 is 0 Å². The van der Waals surface area contributed by atoms with Crippen LogP contribution in [0, 0.1) is 0 Å². The number of aromatic amines is 1. The van der Waals surface area contributed by atoms with Crippen LogP contribution in [0.25, 0.3) is 11.3 Å². The van der Waals surface area contributed by atoms with Gasteiger partial charge < -0.3 is 5.32 Å². The molecule has 0 saturated carbocycles. The molecule has 0 aromatic carbocycles. The minimum absolute atomic E-state index is 0. The second-order valence-electron chi connectivity index (χ2n) is 5.11. The number of nitrogens with zero attached hydrogens (tertiary/aromatic N) is 3. The molecule has 108 valence electrons. The molecule has 1 fully saturated rings. The lowest BCUT2D eigenvalue weighted by molar-refractivity contribution is 0.197. The van der Waals surface area contributed by atoms with E-state index in [0.29, 0.717) is 6.04 Å². The minimum Gasteiger partial charge on any atom is -0.312 e. The molecule has 0 amide bonds. The van der Waals surface area contributed by atoms with E-state index in [1.54, 1.807) is 6.20 Å². The van der Waals surface area contributed by atoms with Crippen LogP contribution in [0.3, 0.4) is 0 Å². The molecule has 1 atom stereocenters. The highest BCUT2D eigenvalue weighted by Crippen LogP contribution is 2.17. The second-order valence-corrected chi connectivity index (χ2v) is 5.11. The quantitative estimate of drug-likeness (QED) is 0.904. The van der Waals surface area contributed by atoms with Crippen LogP contribution in [0.15, 0.2) is 30.6 Å². The van der Waals surface area contributed by atoms with Crippen molar-refractivity contribution in [1.29, 1.82) is 0 Å². The van der Waals surface area contributed by atoms with E-state index >= 15 is 0 Å². The van der Waals surface area contributed by atoms with Crippen molar-refractivity contribution in [3.63, 3.8) is 0 Å². The molecule has 1 aliphatic rings. The van der Waals surface area contributed by atoms with Crippen LogP contribution in [0.1, 0.15) is 12.6 Å². The molecule has 20 heavy (non-hydrogen) atoms. The maximum Gasteiger partial charge on any atom is 0.0939 e. The van der Waals surface area contributed by atoms with Gasteiger partial charge in [0.05, 0.1) is 5.69 Å². The number of nitrogens with one attached hydrogen (secondary N) is 2. The molecule has 3 rings (SSSR count). The third-order valence-corrected chi connectivity index (χ3v) is 3.44. The number of hydrogen-bond donors (Lipinski definition) is 2. The van der Waals surface area contributed by atoms with Crippen LogP contribution in [0.2, 0.25) is 0 Å². The largest absolute Gasteiger partial charge is 0.312 e. The molecular weight excluding hydrogens is 274 g/mol. The summed E-state index contributed by atoms with van der Waals surface area (Å²) in [6.07, 6.45) is 3.62. The Morgan fingerprint density at radius 3 is 3.10 bits per heavy atom. The monoisotopic (exact) mass is 293 g/mol. The Hall–Kier alpha value is -1.43. The van der Waals surface area contributed by atoms with E-state index in [9.17, 15) is 0 Å². The number of hydrogen-bond acceptors (Lipinski definition) is 4. The van der Waals surface area contributed by atoms with Crippen molar-refractivity contribution >= 4 is 12.4 Å². The van der Waals surface area contributed by atoms with E-state index in [1.165, 1.54) is 0 Å². The SMILES string of the molecule is C[C@@H]1CN(Cc2cc(-c3cccnc3)n[nH]2)CCN1.Cl. The second kappa shape index (κ2) is 6.83. The standard InChI is InChI=1S/C14H19N5.ClH/c1-11-9-19(6-5-16-11)10-13-7-14(18-17-13)12-3-2-4-15-8-12;/h2-4,7-8,11,16H,5-6,9-10H2,1H3,(H,17,18);1H/t11-;/m1./s1. The van der Waals surface area contributed by atoms with Crippen LogP contribution in [0.4, 0.5) is 0 Å². The van der Waals surface area contributed by atoms with E-state index in [2.05, 4.69) is 38.4 Å². The van der Waals surface area contributed by atoms with Crippen LogP contribution in [-0.4, -0.2) is 45.8 Å². The molecule has 3 heterocycles. The van der Waals surface area contributed by atoms with Crippen molar-refractivity contribution in [3.05, 3.63) is 36.3 Å². The smallest absolute Gasteiger partial charge is 0.0939 e. The predicted octanol–water partition coefficient (Wildman–Crippen LogP) is 1.69. The lowest BCUT2D eigenvalue weighted by atomic mass is 10.2. The van der Waals surface area contributed by atoms with Gasteiger partial charge in [-0.1, -0.05) is 0 Å². The fourth-order valence-electron chi connectivity index (χ4n) is 2.50. The van der Waals surface area contributed by atoms with Gasteiger partial charge >= 0.3 is 0 Å². The normalized spacial score (nSPS) is 19.6. The summed E-state index contributed by atoms with van der Waals surface area (Å²) in [6.45, 7) is 6.39. The van der Waals surface area contributed by atoms with E-state index in [1.807, 2.05) is 18.3 Å². The first-order valence-corrected chi connectivity index (χ1v) is 6.72. The van der Waals surface area contributed by atoms with Gasteiger partial charge in [0.1, 0.15) is 0 Å². The summed E-state index contributed by atoms with van der Waals surface area (Å²) in [7, 11) is 0. The Balaban J connectivity index is 0.00000147. The lowest BCUT2D eigenvalue weighted by Gasteiger charge is -2.31. The fraction of sp³-hybridized carbons (Fsp3) is 0.429. The van der Waals surface area contributed by atoms with Crippen LogP contribution in [-0.2, 0) is 6.54 Å². The van der Waals surface area contributed by atoms with Crippen LogP contribution >= 0.6 is 12.4 Å². The highest BCUT2D eigenvalue weighted by atomic mass is 35.5. The van der Waals surface area contributed by atoms with Crippen molar-refractivity contribution in [2.45, 2.75) is 19.5 Å². The summed E-state index contributed by atoms with van der Waals surface area (Å²) in [5.41, 5.74) is 3.18. The predicted molar refractivity (Wildman–Crippen MR) is 81.8 cm³/mol. The molecule has 2 aromatic rings. The van der Waals surface area contributed by atoms with Crippen LogP contribution in [0.5, 0.6) is 0 Å². The van der Waals surface area contributed by atoms with Gasteiger partial charge in [-0.3, -0.25) is 15.0 Å². The summed E-state index contributed by atoms with van der Waals surface area (Å²) >= 11 is 0. The number of piperazine rings is 1. The highest BCUT2D eigenvalue weighted by Gasteiger charge is 2.16. The number of halogens is 1. The number of pyridine rings is 1. The summed E-state index contributed by atoms with van der Waals surface area (Å²) in [6, 6.07) is 6.64. The van der Waals surface area contributed by atoms with E-state index in [0.717, 1.165) is 43.1 Å². The number of aromatic nitrogens is 3. The Labute approximate surface area is 125 Å². The first-order chi connectivity index (χ1) is 9.31. The fourth-order valence-corrected chi connectivity index (χ4v) is 2.50. The Morgan fingerprint density at radius 1 is 1.45 bits per heavy atom. The first-order valence-electron chi connectivity index (χ1n) is 6.72. The first kappa shape index (κ1) is 15.0. The lowest BCUT2D eigenvalue weighted by Crippen LogP contribution is -2.48. The molecule has 0 bridgehead atoms. The number of rotatable bonds is 3. The zero-order valence-corrected chi connectivity index (χ0v) is 12.4. The summed E-state index contributed by atoms with van der Waals surface area (Å²) < 4.78 is 0. The average molecular weight is 294 g/mol. The third-order valence-electron chi connectivity index (χ3n) is 3.44. The minimum atomic E-state index is 0. The van der Waals surface area contributed by atoms with Crippen LogP contribution < -0.4 is 5.32 Å². The third kappa shape index (κ3) is 3.56. The van der Waals surface area contributed by atoms with Crippen molar-refractivity contribution in [3.8, 4) is 11.3 Å². The summed E-state index contributed by atoms with van der Waals surface area (Å²) in [5.74, 6) is 0. The Morgan fingerprint density at radius 2 is 2.35 bits per heavy atom. The number of H-pyrrole nitrogens is 1. The zero-order valence-electron chi connectivity index (χ0n) is 11.5. The molecule has 1 aliphatic heterocycles. The molecule has 0 unspecified atom stereocenters. The summed E-state index contributed by atoms with van der Waals surface area (Å²) in [5, 5.41) is 10.9. The van der Waals surface area contributed by atoms with Gasteiger partial charge in [0.2, 0.25) is 0 Å². The molecule has 2 N–H and O–H groups in total. The Bertz CT molecular complexity index is 527. The van der Waals surface area contributed by atoms with Crippen molar-refractivity contribution in [2.24, 2.45) is 0 Å². The van der Waals surface area contributed by atoms with Gasteiger partial charge in [0, 0.05) is 55.9 Å². The summed E-state index contributed by atoms with van der Waals surface area (Å²) in [4.78, 5) is 6.57. The molecule has 0 spiro atoms. The molecule has 2 aromatic heterocycles. The molecule has 1 saturated heterocycles. The topological polar surface area (TPSA) is 56.8 Å². The van der Waals surface area contributed by atoms with Gasteiger partial charge in [-0.15, -0.1) is 12.4 Å². The Kier molecular flexibility index (Phi) is 5.11. The average Bonchev–Trinajstić information content (AvgIpc) is 2.88. The molecule has 5 nitrogen and oxygen atoms in total. The van der Waals surface area contributed by atoms with Gasteiger partial charge in [0.25, 0.3) is 0 Å². The van der Waals surface area contributed by atoms with Crippen molar-refractivity contribution in [2.75, 3.05) is 19.6 Å². The van der Waals surface area contributed by atoms with Gasteiger partial charge in [0.15, 0.2) is 0 Å². The maximum absolute atomic E-state index is 4.36. The molecule has 6 heteroatoms. The van der Waals surface area contributed by atoms with E-state index in [4.69, 9.17) is 0 Å². The molecule has 0 aliphatic carbocycles. The van der Waals surface area contributed by atoms with Gasteiger partial charge in [-0.25, -0.2) is 0 Å². The van der Waals surface area contributed by atoms with Gasteiger partial charge in [-0.05, 0) is 25.1 Å². The van der Waals surface area contributed by atoms with E-state index in [-0.39, 0.29) is 12.4 Å². The zero-order chi connectivity index (χ0) is 13.1. The molecular formula is C14H20ClN5. The van der Waals surface area contributed by atoms with Crippen molar-refractivity contribution < 1.29 is 0 Å². The van der Waals surface area contributed by atoms with Crippen molar-refractivity contribution in [1.82, 2.24) is 25.4 Å². The highest BCUT2D eigenvalue weighted by molar-refractivity contribution is 5.85. The maximum atomic E-state index is 4.36. The molecule has 0 radical (unpaired) electrons. The van der Waals surface area contributed by atoms with Gasteiger partial charge in [-0.2, -0.15) is 5.10 Å².